The Balaban J connectivity index is 1.85. The van der Waals surface area contributed by atoms with Crippen LogP contribution in [0.1, 0.15) is 22.9 Å². The molecule has 2 N–H and O–H groups in total. The summed E-state index contributed by atoms with van der Waals surface area (Å²) >= 11 is 7.65. The number of nitrogens with zero attached hydrogens (tertiary/aromatic N) is 1. The third kappa shape index (κ3) is 2.09. The van der Waals surface area contributed by atoms with Crippen LogP contribution in [0.2, 0.25) is 5.02 Å². The van der Waals surface area contributed by atoms with Gasteiger partial charge in [-0.05, 0) is 29.6 Å². The van der Waals surface area contributed by atoms with Crippen molar-refractivity contribution in [3.63, 3.8) is 0 Å². The molecule has 0 radical (unpaired) electrons. The van der Waals surface area contributed by atoms with Crippen LogP contribution in [0.15, 0.2) is 40.8 Å². The lowest BCUT2D eigenvalue weighted by molar-refractivity contribution is 0.474. The maximum Gasteiger partial charge on any atom is 0.124 e. The van der Waals surface area contributed by atoms with Crippen LogP contribution in [0, 0.1) is 0 Å². The Hall–Kier alpha value is -1.52. The van der Waals surface area contributed by atoms with Crippen LogP contribution in [-0.2, 0) is 0 Å². The van der Waals surface area contributed by atoms with E-state index in [1.54, 1.807) is 29.5 Å². The van der Waals surface area contributed by atoms with Crippen LogP contribution in [0.25, 0.3) is 0 Å². The quantitative estimate of drug-likeness (QED) is 0.882. The second kappa shape index (κ2) is 4.63. The molecule has 0 saturated carbocycles. The van der Waals surface area contributed by atoms with Gasteiger partial charge in [0.05, 0.1) is 11.8 Å². The van der Waals surface area contributed by atoms with Gasteiger partial charge >= 0.3 is 0 Å². The minimum Gasteiger partial charge on any atom is -0.507 e. The van der Waals surface area contributed by atoms with E-state index in [-0.39, 0.29) is 11.8 Å². The standard InChI is InChI=1S/C13H11ClN2OS/c14-8-3-4-12(17)9(6-8)10-7-11(16-15-10)13-2-1-5-18-13/h1-6,11,16-17H,7H2/t11-/m1/s1. The summed E-state index contributed by atoms with van der Waals surface area (Å²) in [6.07, 6.45) is 0.758. The number of phenols is 1. The molecule has 1 aromatic carbocycles. The highest BCUT2D eigenvalue weighted by atomic mass is 35.5. The molecule has 3 nitrogen and oxygen atoms in total. The first kappa shape index (κ1) is 11.6. The van der Waals surface area contributed by atoms with Gasteiger partial charge < -0.3 is 10.5 Å². The summed E-state index contributed by atoms with van der Waals surface area (Å²) in [6, 6.07) is 9.31. The predicted octanol–water partition coefficient (Wildman–Crippen LogP) is 3.55. The molecule has 0 aliphatic carbocycles. The molecule has 1 aliphatic rings. The van der Waals surface area contributed by atoms with Crippen LogP contribution >= 0.6 is 22.9 Å². The van der Waals surface area contributed by atoms with Gasteiger partial charge in [-0.25, -0.2) is 0 Å². The predicted molar refractivity (Wildman–Crippen MR) is 74.5 cm³/mol. The van der Waals surface area contributed by atoms with Gasteiger partial charge in [-0.1, -0.05) is 17.7 Å². The molecule has 3 rings (SSSR count). The number of benzene rings is 1. The molecule has 0 saturated heterocycles. The molecule has 0 amide bonds. The average molecular weight is 279 g/mol. The van der Waals surface area contributed by atoms with Gasteiger partial charge in [0.25, 0.3) is 0 Å². The highest BCUT2D eigenvalue weighted by Gasteiger charge is 2.23. The zero-order chi connectivity index (χ0) is 12.5. The summed E-state index contributed by atoms with van der Waals surface area (Å²) in [5.74, 6) is 0.215. The molecule has 0 bridgehead atoms. The van der Waals surface area contributed by atoms with Crippen molar-refractivity contribution < 1.29 is 5.11 Å². The third-order valence-corrected chi connectivity index (χ3v) is 4.13. The van der Waals surface area contributed by atoms with E-state index in [2.05, 4.69) is 16.6 Å². The first-order valence-corrected chi connectivity index (χ1v) is 6.84. The fourth-order valence-electron chi connectivity index (χ4n) is 2.00. The Bertz CT molecular complexity index is 595. The molecule has 5 heteroatoms. The highest BCUT2D eigenvalue weighted by Crippen LogP contribution is 2.31. The van der Waals surface area contributed by atoms with E-state index in [1.165, 1.54) is 4.88 Å². The third-order valence-electron chi connectivity index (χ3n) is 2.91. The summed E-state index contributed by atoms with van der Waals surface area (Å²) < 4.78 is 0. The van der Waals surface area contributed by atoms with Crippen molar-refractivity contribution in [3.8, 4) is 5.75 Å². The van der Waals surface area contributed by atoms with Crippen molar-refractivity contribution in [1.29, 1.82) is 0 Å². The van der Waals surface area contributed by atoms with Gasteiger partial charge in [-0.15, -0.1) is 11.3 Å². The second-order valence-corrected chi connectivity index (χ2v) is 5.54. The summed E-state index contributed by atoms with van der Waals surface area (Å²) in [6.45, 7) is 0. The highest BCUT2D eigenvalue weighted by molar-refractivity contribution is 7.10. The van der Waals surface area contributed by atoms with Crippen LogP contribution in [0.4, 0.5) is 0 Å². The van der Waals surface area contributed by atoms with Gasteiger partial charge in [0.2, 0.25) is 0 Å². The molecule has 0 spiro atoms. The molecule has 0 fully saturated rings. The number of nitrogens with one attached hydrogen (secondary N) is 1. The molecular formula is C13H11ClN2OS. The van der Waals surface area contributed by atoms with Crippen molar-refractivity contribution in [2.45, 2.75) is 12.5 Å². The average Bonchev–Trinajstić information content (AvgIpc) is 3.00. The second-order valence-electron chi connectivity index (χ2n) is 4.12. The van der Waals surface area contributed by atoms with Gasteiger partial charge in [-0.2, -0.15) is 5.10 Å². The Labute approximate surface area is 114 Å². The van der Waals surface area contributed by atoms with Gasteiger partial charge in [0, 0.05) is 21.9 Å². The minimum absolute atomic E-state index is 0.193. The zero-order valence-electron chi connectivity index (χ0n) is 9.43. The van der Waals surface area contributed by atoms with Crippen molar-refractivity contribution >= 4 is 28.6 Å². The maximum absolute atomic E-state index is 9.85. The molecule has 1 aliphatic heterocycles. The Morgan fingerprint density at radius 3 is 3.06 bits per heavy atom. The van der Waals surface area contributed by atoms with Crippen molar-refractivity contribution in [2.75, 3.05) is 0 Å². The lowest BCUT2D eigenvalue weighted by Crippen LogP contribution is -2.07. The van der Waals surface area contributed by atoms with E-state index in [1.807, 2.05) is 11.4 Å². The van der Waals surface area contributed by atoms with E-state index in [9.17, 15) is 5.11 Å². The van der Waals surface area contributed by atoms with E-state index < -0.39 is 0 Å². The SMILES string of the molecule is Oc1ccc(Cl)cc1C1=NN[C@@H](c2cccs2)C1. The molecule has 1 atom stereocenters. The number of halogens is 1. The normalized spacial score (nSPS) is 18.5. The Kier molecular flexibility index (Phi) is 2.97. The summed E-state index contributed by atoms with van der Waals surface area (Å²) in [7, 11) is 0. The lowest BCUT2D eigenvalue weighted by Gasteiger charge is -2.07. The molecule has 2 heterocycles. The van der Waals surface area contributed by atoms with Crippen molar-refractivity contribution in [3.05, 3.63) is 51.2 Å². The largest absolute Gasteiger partial charge is 0.507 e. The van der Waals surface area contributed by atoms with Crippen LogP contribution in [0.3, 0.4) is 0 Å². The van der Waals surface area contributed by atoms with Crippen molar-refractivity contribution in [1.82, 2.24) is 5.43 Å². The summed E-state index contributed by atoms with van der Waals surface area (Å²) in [5, 5.41) is 16.8. The summed E-state index contributed by atoms with van der Waals surface area (Å²) in [4.78, 5) is 1.25. The van der Waals surface area contributed by atoms with Gasteiger partial charge in [0.1, 0.15) is 5.75 Å². The van der Waals surface area contributed by atoms with Crippen LogP contribution in [-0.4, -0.2) is 10.8 Å². The molecule has 2 aromatic rings. The smallest absolute Gasteiger partial charge is 0.124 e. The van der Waals surface area contributed by atoms with Crippen molar-refractivity contribution in [2.24, 2.45) is 5.10 Å². The molecule has 1 aromatic heterocycles. The topological polar surface area (TPSA) is 44.6 Å². The van der Waals surface area contributed by atoms with Gasteiger partial charge in [-0.3, -0.25) is 0 Å². The number of aromatic hydroxyl groups is 1. The molecule has 18 heavy (non-hydrogen) atoms. The Morgan fingerprint density at radius 1 is 1.39 bits per heavy atom. The van der Waals surface area contributed by atoms with E-state index in [0.29, 0.717) is 10.6 Å². The first-order chi connectivity index (χ1) is 8.74. The minimum atomic E-state index is 0.193. The fourth-order valence-corrected chi connectivity index (χ4v) is 2.95. The van der Waals surface area contributed by atoms with Crippen LogP contribution in [0.5, 0.6) is 5.75 Å². The van der Waals surface area contributed by atoms with E-state index in [0.717, 1.165) is 12.1 Å². The molecular weight excluding hydrogens is 268 g/mol. The lowest BCUT2D eigenvalue weighted by atomic mass is 10.0. The number of hydrogen-bond acceptors (Lipinski definition) is 4. The fraction of sp³-hybridized carbons (Fsp3) is 0.154. The van der Waals surface area contributed by atoms with E-state index >= 15 is 0 Å². The van der Waals surface area contributed by atoms with Gasteiger partial charge in [0.15, 0.2) is 0 Å². The van der Waals surface area contributed by atoms with Crippen LogP contribution < -0.4 is 5.43 Å². The summed E-state index contributed by atoms with van der Waals surface area (Å²) in [5.41, 5.74) is 4.64. The first-order valence-electron chi connectivity index (χ1n) is 5.58. The Morgan fingerprint density at radius 2 is 2.28 bits per heavy atom. The zero-order valence-corrected chi connectivity index (χ0v) is 11.0. The molecule has 0 unspecified atom stereocenters. The number of hydrogen-bond donors (Lipinski definition) is 2. The molecule has 92 valence electrons. The maximum atomic E-state index is 9.85. The number of rotatable bonds is 2. The monoisotopic (exact) mass is 278 g/mol. The number of thiophene rings is 1. The number of hydrazone groups is 1. The van der Waals surface area contributed by atoms with E-state index in [4.69, 9.17) is 11.6 Å². The number of phenolic OH excluding ortho intramolecular Hbond substituents is 1.